The van der Waals surface area contributed by atoms with E-state index in [4.69, 9.17) is 15.0 Å². The average Bonchev–Trinajstić information content (AvgIpc) is 1.54. The topological polar surface area (TPSA) is 358 Å². The van der Waals surface area contributed by atoms with Crippen molar-refractivity contribution in [2.24, 2.45) is 0 Å². The smallest absolute Gasteiger partial charge is 0.164 e. The highest BCUT2D eigenvalue weighted by Gasteiger charge is 2.27. The van der Waals surface area contributed by atoms with Crippen molar-refractivity contribution in [1.29, 1.82) is 68.4 Å². The van der Waals surface area contributed by atoms with Gasteiger partial charge in [-0.3, -0.25) is 0 Å². The van der Waals surface area contributed by atoms with Crippen LogP contribution in [-0.4, -0.2) is 24.1 Å². The molecule has 15 rings (SSSR count). The van der Waals surface area contributed by atoms with E-state index in [2.05, 4.69) is 54.6 Å². The van der Waals surface area contributed by atoms with Gasteiger partial charge < -0.3 is 9.13 Å². The minimum Gasteiger partial charge on any atom is -0.309 e. The second-order valence-electron chi connectivity index (χ2n) is 24.3. The van der Waals surface area contributed by atoms with Crippen LogP contribution < -0.4 is 0 Å². The quantitative estimate of drug-likeness (QED) is 0.123. The summed E-state index contributed by atoms with van der Waals surface area (Å²) in [6, 6.07) is 91.1. The fourth-order valence-electron chi connectivity index (χ4n) is 14.0. The highest BCUT2D eigenvalue weighted by Crippen LogP contribution is 2.47. The molecular formula is C88H36N18. The van der Waals surface area contributed by atoms with Crippen LogP contribution in [0, 0.1) is 147 Å². The van der Waals surface area contributed by atoms with Crippen LogP contribution in [0.3, 0.4) is 0 Å². The molecule has 0 fully saturated rings. The van der Waals surface area contributed by atoms with Gasteiger partial charge in [0.2, 0.25) is 0 Å². The SMILES string of the molecule is N#Cc1cc(C#N)c(-c2ccc3c(c2)c2cc(-c4c(C#N)cc(C#N)cc4C#N)ccc2n3-c2ccc(-c3nc(-c4ccccc4)nc(-c4ccccc4)n3)c(-c3cc(C#N)ccc3-n3c4ccc(-c5c(C#N)cc(C#N)cc5C#N)cc4c4cc(-c5c(C#N)cc(C#N)cc5C#N)ccc43)c2)c(C#N)c1. The van der Waals surface area contributed by atoms with Crippen LogP contribution in [0.15, 0.2) is 218 Å². The van der Waals surface area contributed by atoms with Crippen molar-refractivity contribution in [3.63, 3.8) is 0 Å². The number of nitriles is 13. The van der Waals surface area contributed by atoms with Crippen LogP contribution in [0.25, 0.3) is 145 Å². The van der Waals surface area contributed by atoms with Crippen molar-refractivity contribution in [1.82, 2.24) is 24.1 Å². The molecule has 0 bridgehead atoms. The highest BCUT2D eigenvalue weighted by atomic mass is 15.0. The van der Waals surface area contributed by atoms with E-state index >= 15 is 0 Å². The average molecular weight is 1350 g/mol. The molecule has 0 aliphatic carbocycles. The first kappa shape index (κ1) is 64.6. The molecule has 0 N–H and O–H groups in total. The molecule has 0 saturated heterocycles. The Morgan fingerprint density at radius 1 is 0.217 bits per heavy atom. The Labute approximate surface area is 603 Å². The third kappa shape index (κ3) is 10.8. The standard InChI is InChI=1S/C88H36N18/c89-37-50-11-18-79(106-80-21-14-59(84-65(46-98)27-53(40-92)28-66(84)47-99)34-75(80)76-35-60(15-22-81(76)106)85-67(48-100)29-54(41-93)30-68(85)49-101)72(31-50)71-36-69(16-17-70(71)88-103-86(55-7-3-1-4-8-55)102-87(104-88)56-9-5-2-6-10-56)105-77-19-12-57(82-61(42-94)23-51(38-90)24-62(82)43-95)32-73(77)74-33-58(13-20-78(74)105)83-63(44-96)25-52(39-91)26-64(83)45-97/h1-36H. The van der Waals surface area contributed by atoms with E-state index in [1.54, 1.807) is 36.4 Å². The molecule has 12 aromatic carbocycles. The van der Waals surface area contributed by atoms with Gasteiger partial charge in [-0.25, -0.2) is 15.0 Å². The summed E-state index contributed by atoms with van der Waals surface area (Å²) in [4.78, 5) is 15.6. The third-order valence-electron chi connectivity index (χ3n) is 18.6. The molecule has 3 heterocycles. The van der Waals surface area contributed by atoms with Gasteiger partial charge in [-0.1, -0.05) is 84.9 Å². The normalized spacial score (nSPS) is 10.5. The summed E-state index contributed by atoms with van der Waals surface area (Å²) in [6.07, 6.45) is 0. The summed E-state index contributed by atoms with van der Waals surface area (Å²) in [5.74, 6) is 0.926. The van der Waals surface area contributed by atoms with Gasteiger partial charge >= 0.3 is 0 Å². The van der Waals surface area contributed by atoms with Gasteiger partial charge in [0.05, 0.1) is 179 Å². The van der Waals surface area contributed by atoms with E-state index in [0.29, 0.717) is 117 Å². The Morgan fingerprint density at radius 3 is 0.840 bits per heavy atom. The summed E-state index contributed by atoms with van der Waals surface area (Å²) in [5.41, 5.74) is 10.4. The summed E-state index contributed by atoms with van der Waals surface area (Å²) >= 11 is 0. The van der Waals surface area contributed by atoms with Gasteiger partial charge in [-0.05, 0) is 161 Å². The van der Waals surface area contributed by atoms with Crippen molar-refractivity contribution in [3.8, 4) is 180 Å². The maximum Gasteiger partial charge on any atom is 0.164 e. The molecule has 0 aliphatic rings. The number of rotatable bonds is 10. The molecule has 0 aliphatic heterocycles. The number of benzene rings is 12. The lowest BCUT2D eigenvalue weighted by atomic mass is 9.91. The summed E-state index contributed by atoms with van der Waals surface area (Å²) in [5, 5.41) is 138. The van der Waals surface area contributed by atoms with Gasteiger partial charge in [0.1, 0.15) is 0 Å². The second-order valence-corrected chi connectivity index (χ2v) is 24.3. The van der Waals surface area contributed by atoms with E-state index < -0.39 is 0 Å². The Balaban J connectivity index is 1.07. The zero-order valence-electron chi connectivity index (χ0n) is 54.8. The second kappa shape index (κ2) is 26.5. The number of fused-ring (bicyclic) bond motifs is 6. The molecular weight excluding hydrogens is 1310 g/mol. The van der Waals surface area contributed by atoms with Crippen molar-refractivity contribution >= 4 is 43.6 Å². The lowest BCUT2D eigenvalue weighted by Gasteiger charge is -2.19. The van der Waals surface area contributed by atoms with Crippen LogP contribution in [0.4, 0.5) is 0 Å². The Hall–Kier alpha value is -17.4. The van der Waals surface area contributed by atoms with Crippen LogP contribution >= 0.6 is 0 Å². The maximum atomic E-state index is 11.1. The zero-order valence-corrected chi connectivity index (χ0v) is 54.8. The summed E-state index contributed by atoms with van der Waals surface area (Å²) < 4.78 is 4.01. The first-order valence-corrected chi connectivity index (χ1v) is 32.2. The maximum absolute atomic E-state index is 11.1. The highest BCUT2D eigenvalue weighted by molar-refractivity contribution is 6.14. The largest absolute Gasteiger partial charge is 0.309 e. The molecule has 106 heavy (non-hydrogen) atoms. The molecule has 0 spiro atoms. The minimum absolute atomic E-state index is 0.0736. The van der Waals surface area contributed by atoms with Crippen LogP contribution in [-0.2, 0) is 0 Å². The summed E-state index contributed by atoms with van der Waals surface area (Å²) in [7, 11) is 0. The lowest BCUT2D eigenvalue weighted by molar-refractivity contribution is 1.07. The van der Waals surface area contributed by atoms with Crippen LogP contribution in [0.2, 0.25) is 0 Å². The predicted octanol–water partition coefficient (Wildman–Crippen LogP) is 17.7. The number of nitrogens with zero attached hydrogens (tertiary/aromatic N) is 18. The molecule has 0 atom stereocenters. The monoisotopic (exact) mass is 1340 g/mol. The van der Waals surface area contributed by atoms with Crippen LogP contribution in [0.5, 0.6) is 0 Å². The van der Waals surface area contributed by atoms with E-state index in [1.807, 2.05) is 167 Å². The molecule has 15 aromatic rings. The number of hydrogen-bond acceptors (Lipinski definition) is 16. The fraction of sp³-hybridized carbons (Fsp3) is 0. The van der Waals surface area contributed by atoms with Crippen molar-refractivity contribution in [2.75, 3.05) is 0 Å². The predicted molar refractivity (Wildman–Crippen MR) is 393 cm³/mol. The van der Waals surface area contributed by atoms with Gasteiger partial charge in [-0.2, -0.15) is 68.4 Å². The van der Waals surface area contributed by atoms with E-state index in [0.717, 1.165) is 0 Å². The first-order chi connectivity index (χ1) is 51.9. The van der Waals surface area contributed by atoms with Crippen LogP contribution in [0.1, 0.15) is 72.3 Å². The van der Waals surface area contributed by atoms with E-state index in [-0.39, 0.29) is 100 Å². The number of hydrogen-bond donors (Lipinski definition) is 0. The molecule has 0 saturated carbocycles. The van der Waals surface area contributed by atoms with Crippen molar-refractivity contribution < 1.29 is 0 Å². The van der Waals surface area contributed by atoms with Crippen molar-refractivity contribution in [2.45, 2.75) is 0 Å². The zero-order chi connectivity index (χ0) is 73.4. The molecule has 3 aromatic heterocycles. The third-order valence-corrected chi connectivity index (χ3v) is 18.6. The molecule has 478 valence electrons. The molecule has 0 amide bonds. The van der Waals surface area contributed by atoms with Gasteiger partial charge in [-0.15, -0.1) is 0 Å². The molecule has 18 nitrogen and oxygen atoms in total. The van der Waals surface area contributed by atoms with E-state index in [1.165, 1.54) is 48.5 Å². The van der Waals surface area contributed by atoms with Gasteiger partial charge in [0, 0.05) is 71.7 Å². The number of aromatic nitrogens is 5. The van der Waals surface area contributed by atoms with Crippen molar-refractivity contribution in [3.05, 3.63) is 291 Å². The molecule has 0 unspecified atom stereocenters. The molecule has 18 heteroatoms. The summed E-state index contributed by atoms with van der Waals surface area (Å²) in [6.45, 7) is 0. The lowest BCUT2D eigenvalue weighted by Crippen LogP contribution is -2.04. The van der Waals surface area contributed by atoms with Gasteiger partial charge in [0.15, 0.2) is 17.5 Å². The first-order valence-electron chi connectivity index (χ1n) is 32.2. The fourth-order valence-corrected chi connectivity index (χ4v) is 14.0. The Bertz CT molecular complexity index is 6560. The van der Waals surface area contributed by atoms with E-state index in [9.17, 15) is 68.4 Å². The Kier molecular flexibility index (Phi) is 16.1. The Morgan fingerprint density at radius 2 is 0.528 bits per heavy atom. The minimum atomic E-state index is 0.0736. The van der Waals surface area contributed by atoms with Gasteiger partial charge in [0.25, 0.3) is 0 Å². The molecule has 0 radical (unpaired) electrons.